The van der Waals surface area contributed by atoms with Gasteiger partial charge in [-0.15, -0.1) is 0 Å². The van der Waals surface area contributed by atoms with Gasteiger partial charge in [0.2, 0.25) is 15.9 Å². The van der Waals surface area contributed by atoms with Crippen LogP contribution < -0.4 is 10.5 Å². The lowest BCUT2D eigenvalue weighted by molar-refractivity contribution is -0.127. The minimum Gasteiger partial charge on any atom is -0.399 e. The standard InChI is InChI=1S/C13H18ClN3O3S/c1-9(8-17-6-2-3-13(17)18)16-21(19,20)12-5-4-10(15)7-11(12)14/h4-5,7,9,16H,2-3,6,8,15H2,1H3. The summed E-state index contributed by atoms with van der Waals surface area (Å²) in [6.07, 6.45) is 1.35. The van der Waals surface area contributed by atoms with Crippen LogP contribution >= 0.6 is 11.6 Å². The van der Waals surface area contributed by atoms with E-state index in [0.29, 0.717) is 25.2 Å². The van der Waals surface area contributed by atoms with Crippen LogP contribution in [0.4, 0.5) is 5.69 Å². The molecule has 1 heterocycles. The Morgan fingerprint density at radius 2 is 2.19 bits per heavy atom. The number of carbonyl (C=O) groups is 1. The van der Waals surface area contributed by atoms with Gasteiger partial charge in [0.15, 0.2) is 0 Å². The molecule has 1 aliphatic heterocycles. The van der Waals surface area contributed by atoms with Crippen molar-refractivity contribution in [1.82, 2.24) is 9.62 Å². The van der Waals surface area contributed by atoms with E-state index in [4.69, 9.17) is 17.3 Å². The van der Waals surface area contributed by atoms with E-state index in [1.165, 1.54) is 18.2 Å². The van der Waals surface area contributed by atoms with Crippen LogP contribution in [0, 0.1) is 0 Å². The maximum Gasteiger partial charge on any atom is 0.242 e. The molecule has 1 aromatic carbocycles. The molecular formula is C13H18ClN3O3S. The van der Waals surface area contributed by atoms with Crippen LogP contribution in [0.15, 0.2) is 23.1 Å². The summed E-state index contributed by atoms with van der Waals surface area (Å²) in [5.41, 5.74) is 5.95. The molecule has 3 N–H and O–H groups in total. The zero-order valence-electron chi connectivity index (χ0n) is 11.7. The topological polar surface area (TPSA) is 92.5 Å². The fraction of sp³-hybridized carbons (Fsp3) is 0.462. The molecule has 2 rings (SSSR count). The van der Waals surface area contributed by atoms with Crippen molar-refractivity contribution in [3.63, 3.8) is 0 Å². The van der Waals surface area contributed by atoms with Gasteiger partial charge in [-0.2, -0.15) is 0 Å². The molecule has 1 amide bonds. The Labute approximate surface area is 129 Å². The average molecular weight is 332 g/mol. The largest absolute Gasteiger partial charge is 0.399 e. The summed E-state index contributed by atoms with van der Waals surface area (Å²) >= 11 is 5.93. The van der Waals surface area contributed by atoms with Crippen molar-refractivity contribution in [3.05, 3.63) is 23.2 Å². The van der Waals surface area contributed by atoms with Crippen molar-refractivity contribution in [2.24, 2.45) is 0 Å². The average Bonchev–Trinajstić information content (AvgIpc) is 2.73. The Hall–Kier alpha value is -1.31. The molecule has 0 bridgehead atoms. The van der Waals surface area contributed by atoms with Crippen LogP contribution in [-0.4, -0.2) is 38.4 Å². The molecule has 0 radical (unpaired) electrons. The van der Waals surface area contributed by atoms with Gasteiger partial charge in [0.25, 0.3) is 0 Å². The molecule has 1 atom stereocenters. The zero-order valence-corrected chi connectivity index (χ0v) is 13.2. The van der Waals surface area contributed by atoms with Crippen molar-refractivity contribution in [2.45, 2.75) is 30.7 Å². The molecule has 0 aliphatic carbocycles. The Balaban J connectivity index is 2.08. The summed E-state index contributed by atoms with van der Waals surface area (Å²) in [6, 6.07) is 3.85. The molecule has 1 aliphatic rings. The maximum atomic E-state index is 12.3. The van der Waals surface area contributed by atoms with Gasteiger partial charge in [0.05, 0.1) is 5.02 Å². The predicted molar refractivity (Wildman–Crippen MR) is 81.5 cm³/mol. The van der Waals surface area contributed by atoms with Gasteiger partial charge in [-0.1, -0.05) is 11.6 Å². The van der Waals surface area contributed by atoms with Crippen LogP contribution in [0.3, 0.4) is 0 Å². The summed E-state index contributed by atoms with van der Waals surface area (Å²) in [4.78, 5) is 13.2. The zero-order chi connectivity index (χ0) is 15.6. The number of sulfonamides is 1. The van der Waals surface area contributed by atoms with Gasteiger partial charge in [-0.3, -0.25) is 4.79 Å². The van der Waals surface area contributed by atoms with E-state index in [1.807, 2.05) is 0 Å². The number of likely N-dealkylation sites (tertiary alicyclic amines) is 1. The van der Waals surface area contributed by atoms with Crippen LogP contribution in [0.2, 0.25) is 5.02 Å². The van der Waals surface area contributed by atoms with E-state index in [-0.39, 0.29) is 15.8 Å². The molecule has 1 fully saturated rings. The van der Waals surface area contributed by atoms with E-state index >= 15 is 0 Å². The summed E-state index contributed by atoms with van der Waals surface area (Å²) in [5.74, 6) is 0.0616. The molecule has 1 aromatic rings. The highest BCUT2D eigenvalue weighted by Crippen LogP contribution is 2.23. The van der Waals surface area contributed by atoms with E-state index in [2.05, 4.69) is 4.72 Å². The number of hydrogen-bond donors (Lipinski definition) is 2. The number of halogens is 1. The summed E-state index contributed by atoms with van der Waals surface area (Å²) in [6.45, 7) is 2.74. The van der Waals surface area contributed by atoms with Crippen LogP contribution in [-0.2, 0) is 14.8 Å². The quantitative estimate of drug-likeness (QED) is 0.793. The number of carbonyl (C=O) groups excluding carboxylic acids is 1. The highest BCUT2D eigenvalue weighted by Gasteiger charge is 2.25. The second-order valence-corrected chi connectivity index (χ2v) is 7.25. The van der Waals surface area contributed by atoms with Gasteiger partial charge >= 0.3 is 0 Å². The highest BCUT2D eigenvalue weighted by atomic mass is 35.5. The Morgan fingerprint density at radius 1 is 1.48 bits per heavy atom. The first kappa shape index (κ1) is 16.1. The van der Waals surface area contributed by atoms with Crippen LogP contribution in [0.5, 0.6) is 0 Å². The molecule has 1 saturated heterocycles. The summed E-state index contributed by atoms with van der Waals surface area (Å²) in [5, 5.41) is 0.0759. The monoisotopic (exact) mass is 331 g/mol. The smallest absolute Gasteiger partial charge is 0.242 e. The normalized spacial score (nSPS) is 17.2. The fourth-order valence-corrected chi connectivity index (χ4v) is 4.12. The maximum absolute atomic E-state index is 12.3. The molecule has 0 saturated carbocycles. The van der Waals surface area contributed by atoms with Crippen molar-refractivity contribution >= 4 is 33.2 Å². The summed E-state index contributed by atoms with van der Waals surface area (Å²) < 4.78 is 27.1. The molecule has 116 valence electrons. The lowest BCUT2D eigenvalue weighted by atomic mass is 10.3. The first-order valence-corrected chi connectivity index (χ1v) is 8.51. The molecule has 8 heteroatoms. The summed E-state index contributed by atoms with van der Waals surface area (Å²) in [7, 11) is -3.74. The molecule has 0 spiro atoms. The third-order valence-electron chi connectivity index (χ3n) is 3.27. The number of anilines is 1. The van der Waals surface area contributed by atoms with Gasteiger partial charge in [0, 0.05) is 31.2 Å². The van der Waals surface area contributed by atoms with E-state index in [1.54, 1.807) is 11.8 Å². The Morgan fingerprint density at radius 3 is 2.76 bits per heavy atom. The van der Waals surface area contributed by atoms with Gasteiger partial charge < -0.3 is 10.6 Å². The lowest BCUT2D eigenvalue weighted by Gasteiger charge is -2.21. The first-order valence-electron chi connectivity index (χ1n) is 6.65. The number of nitrogens with two attached hydrogens (primary N) is 1. The minimum absolute atomic E-state index is 0.0158. The number of nitrogens with one attached hydrogen (secondary N) is 1. The first-order chi connectivity index (χ1) is 9.79. The van der Waals surface area contributed by atoms with E-state index in [9.17, 15) is 13.2 Å². The van der Waals surface area contributed by atoms with Crippen molar-refractivity contribution in [2.75, 3.05) is 18.8 Å². The predicted octanol–water partition coefficient (Wildman–Crippen LogP) is 1.21. The van der Waals surface area contributed by atoms with Gasteiger partial charge in [-0.05, 0) is 31.5 Å². The lowest BCUT2D eigenvalue weighted by Crippen LogP contribution is -2.42. The van der Waals surface area contributed by atoms with Crippen molar-refractivity contribution in [3.8, 4) is 0 Å². The molecule has 6 nitrogen and oxygen atoms in total. The van der Waals surface area contributed by atoms with Crippen molar-refractivity contribution < 1.29 is 13.2 Å². The SMILES string of the molecule is CC(CN1CCCC1=O)NS(=O)(=O)c1ccc(N)cc1Cl. The number of rotatable bonds is 5. The van der Waals surface area contributed by atoms with Crippen LogP contribution in [0.25, 0.3) is 0 Å². The Bertz CT molecular complexity index is 648. The molecular weight excluding hydrogens is 314 g/mol. The van der Waals surface area contributed by atoms with Gasteiger partial charge in [0.1, 0.15) is 4.90 Å². The van der Waals surface area contributed by atoms with E-state index < -0.39 is 16.1 Å². The number of benzene rings is 1. The molecule has 1 unspecified atom stereocenters. The minimum atomic E-state index is -3.74. The fourth-order valence-electron chi connectivity index (χ4n) is 2.33. The Kier molecular flexibility index (Phi) is 4.75. The number of amides is 1. The number of nitrogens with zero attached hydrogens (tertiary/aromatic N) is 1. The van der Waals surface area contributed by atoms with Crippen molar-refractivity contribution in [1.29, 1.82) is 0 Å². The van der Waals surface area contributed by atoms with Gasteiger partial charge in [-0.25, -0.2) is 13.1 Å². The number of hydrogen-bond acceptors (Lipinski definition) is 4. The highest BCUT2D eigenvalue weighted by molar-refractivity contribution is 7.89. The molecule has 0 aromatic heterocycles. The molecule has 21 heavy (non-hydrogen) atoms. The van der Waals surface area contributed by atoms with Crippen LogP contribution in [0.1, 0.15) is 19.8 Å². The number of nitrogen functional groups attached to an aromatic ring is 1. The van der Waals surface area contributed by atoms with E-state index in [0.717, 1.165) is 6.42 Å². The third-order valence-corrected chi connectivity index (χ3v) is 5.34. The second-order valence-electron chi connectivity index (χ2n) is 5.16. The second kappa shape index (κ2) is 6.21. The third kappa shape index (κ3) is 3.87.